The molecule has 0 radical (unpaired) electrons. The van der Waals surface area contributed by atoms with Crippen LogP contribution in [0.1, 0.15) is 12.8 Å². The molecule has 2 saturated heterocycles. The third-order valence-electron chi connectivity index (χ3n) is 3.51. The smallest absolute Gasteiger partial charge is 0.269 e. The van der Waals surface area contributed by atoms with Crippen molar-refractivity contribution in [1.82, 2.24) is 4.90 Å². The molecule has 1 aromatic carbocycles. The van der Waals surface area contributed by atoms with E-state index in [4.69, 9.17) is 12.2 Å². The Hall–Kier alpha value is -2.02. The van der Waals surface area contributed by atoms with Gasteiger partial charge in [-0.2, -0.15) is 0 Å². The lowest BCUT2D eigenvalue weighted by atomic mass is 10.2. The number of nitro benzene ring substituents is 1. The molecule has 2 aliphatic rings. The summed E-state index contributed by atoms with van der Waals surface area (Å²) in [7, 11) is 0. The second-order valence-electron chi connectivity index (χ2n) is 4.58. The SMILES string of the molecule is O=C1C2CCCN2C(=S)N1c1ccc([N+](=O)[O-])cc1. The Kier molecular flexibility index (Phi) is 2.70. The number of hydrogen-bond donors (Lipinski definition) is 0. The van der Waals surface area contributed by atoms with Gasteiger partial charge < -0.3 is 4.90 Å². The molecule has 1 unspecified atom stereocenters. The summed E-state index contributed by atoms with van der Waals surface area (Å²) in [4.78, 5) is 25.8. The number of carbonyl (C=O) groups excluding carboxylic acids is 1. The summed E-state index contributed by atoms with van der Waals surface area (Å²) >= 11 is 5.32. The van der Waals surface area contributed by atoms with Crippen LogP contribution in [-0.4, -0.2) is 33.4 Å². The zero-order chi connectivity index (χ0) is 13.6. The largest absolute Gasteiger partial charge is 0.336 e. The molecule has 6 nitrogen and oxygen atoms in total. The zero-order valence-corrected chi connectivity index (χ0v) is 10.8. The van der Waals surface area contributed by atoms with Crippen molar-refractivity contribution in [3.05, 3.63) is 34.4 Å². The lowest BCUT2D eigenvalue weighted by Gasteiger charge is -2.18. The minimum Gasteiger partial charge on any atom is -0.336 e. The number of benzene rings is 1. The van der Waals surface area contributed by atoms with E-state index in [1.54, 1.807) is 12.1 Å². The van der Waals surface area contributed by atoms with E-state index in [9.17, 15) is 14.9 Å². The number of nitro groups is 1. The summed E-state index contributed by atoms with van der Waals surface area (Å²) in [6.45, 7) is 0.804. The summed E-state index contributed by atoms with van der Waals surface area (Å²) in [5.74, 6) is -0.0312. The molecular formula is C12H11N3O3S. The van der Waals surface area contributed by atoms with E-state index in [1.807, 2.05) is 4.90 Å². The number of fused-ring (bicyclic) bond motifs is 1. The quantitative estimate of drug-likeness (QED) is 0.467. The van der Waals surface area contributed by atoms with Crippen molar-refractivity contribution in [3.8, 4) is 0 Å². The lowest BCUT2D eigenvalue weighted by Crippen LogP contribution is -2.32. The van der Waals surface area contributed by atoms with Crippen LogP contribution in [0.3, 0.4) is 0 Å². The van der Waals surface area contributed by atoms with Gasteiger partial charge in [-0.15, -0.1) is 0 Å². The average Bonchev–Trinajstić information content (AvgIpc) is 2.95. The van der Waals surface area contributed by atoms with Crippen LogP contribution < -0.4 is 4.90 Å². The third kappa shape index (κ3) is 1.77. The van der Waals surface area contributed by atoms with E-state index in [1.165, 1.54) is 17.0 Å². The van der Waals surface area contributed by atoms with Gasteiger partial charge in [0.1, 0.15) is 6.04 Å². The zero-order valence-electron chi connectivity index (χ0n) is 9.98. The molecule has 0 bridgehead atoms. The Morgan fingerprint density at radius 3 is 2.58 bits per heavy atom. The molecule has 0 spiro atoms. The van der Waals surface area contributed by atoms with E-state index in [-0.39, 0.29) is 17.6 Å². The highest BCUT2D eigenvalue weighted by molar-refractivity contribution is 7.80. The predicted octanol–water partition coefficient (Wildman–Crippen LogP) is 1.69. The van der Waals surface area contributed by atoms with Crippen LogP contribution in [0.25, 0.3) is 0 Å². The fourth-order valence-electron chi connectivity index (χ4n) is 2.59. The molecule has 1 atom stereocenters. The Bertz CT molecular complexity index is 550. The van der Waals surface area contributed by atoms with Crippen molar-refractivity contribution in [2.75, 3.05) is 11.4 Å². The third-order valence-corrected chi connectivity index (χ3v) is 3.93. The van der Waals surface area contributed by atoms with Crippen LogP contribution in [0, 0.1) is 10.1 Å². The molecule has 1 aromatic rings. The Labute approximate surface area is 114 Å². The number of carbonyl (C=O) groups is 1. The maximum absolute atomic E-state index is 12.3. The van der Waals surface area contributed by atoms with Crippen molar-refractivity contribution < 1.29 is 9.72 Å². The van der Waals surface area contributed by atoms with Crippen molar-refractivity contribution in [1.29, 1.82) is 0 Å². The topological polar surface area (TPSA) is 66.7 Å². The molecule has 2 aliphatic heterocycles. The van der Waals surface area contributed by atoms with Gasteiger partial charge in [-0.1, -0.05) is 0 Å². The number of non-ortho nitro benzene ring substituents is 1. The first-order chi connectivity index (χ1) is 9.09. The maximum Gasteiger partial charge on any atom is 0.269 e. The van der Waals surface area contributed by atoms with Gasteiger partial charge in [-0.3, -0.25) is 19.8 Å². The number of thiocarbonyl (C=S) groups is 1. The Morgan fingerprint density at radius 2 is 2.00 bits per heavy atom. The highest BCUT2D eigenvalue weighted by Crippen LogP contribution is 2.32. The summed E-state index contributed by atoms with van der Waals surface area (Å²) in [6.07, 6.45) is 1.80. The number of hydrogen-bond acceptors (Lipinski definition) is 4. The molecular weight excluding hydrogens is 266 g/mol. The summed E-state index contributed by atoms with van der Waals surface area (Å²) < 4.78 is 0. The predicted molar refractivity (Wildman–Crippen MR) is 72.9 cm³/mol. The summed E-state index contributed by atoms with van der Waals surface area (Å²) in [5, 5.41) is 11.1. The normalized spacial score (nSPS) is 22.0. The minimum absolute atomic E-state index is 0.00168. The van der Waals surface area contributed by atoms with E-state index >= 15 is 0 Å². The molecule has 0 N–H and O–H groups in total. The van der Waals surface area contributed by atoms with Crippen LogP contribution in [-0.2, 0) is 4.79 Å². The first-order valence-electron chi connectivity index (χ1n) is 5.98. The van der Waals surface area contributed by atoms with Crippen LogP contribution in [0.5, 0.6) is 0 Å². The van der Waals surface area contributed by atoms with Crippen LogP contribution in [0.2, 0.25) is 0 Å². The molecule has 0 aliphatic carbocycles. The molecule has 7 heteroatoms. The minimum atomic E-state index is -0.466. The lowest BCUT2D eigenvalue weighted by molar-refractivity contribution is -0.384. The van der Waals surface area contributed by atoms with Gasteiger partial charge in [0, 0.05) is 18.7 Å². The van der Waals surface area contributed by atoms with Gasteiger partial charge in [-0.25, -0.2) is 0 Å². The highest BCUT2D eigenvalue weighted by Gasteiger charge is 2.45. The van der Waals surface area contributed by atoms with Gasteiger partial charge in [0.2, 0.25) is 0 Å². The number of anilines is 1. The molecule has 2 heterocycles. The first-order valence-corrected chi connectivity index (χ1v) is 6.39. The molecule has 19 heavy (non-hydrogen) atoms. The second kappa shape index (κ2) is 4.27. The monoisotopic (exact) mass is 277 g/mol. The number of rotatable bonds is 2. The molecule has 0 saturated carbocycles. The van der Waals surface area contributed by atoms with Gasteiger partial charge in [-0.05, 0) is 37.2 Å². The van der Waals surface area contributed by atoms with Crippen molar-refractivity contribution >= 4 is 34.6 Å². The fraction of sp³-hybridized carbons (Fsp3) is 0.333. The van der Waals surface area contributed by atoms with Crippen LogP contribution >= 0.6 is 12.2 Å². The molecule has 0 aromatic heterocycles. The molecule has 98 valence electrons. The van der Waals surface area contributed by atoms with Gasteiger partial charge in [0.25, 0.3) is 11.6 Å². The average molecular weight is 277 g/mol. The number of nitrogens with zero attached hydrogens (tertiary/aromatic N) is 3. The standard InChI is InChI=1S/C12H11N3O3S/c16-11-10-2-1-7-13(10)12(19)14(11)8-3-5-9(6-4-8)15(17)18/h3-6,10H,1-2,7H2. The number of amides is 1. The van der Waals surface area contributed by atoms with Crippen LogP contribution in [0.15, 0.2) is 24.3 Å². The van der Waals surface area contributed by atoms with Gasteiger partial charge in [0.05, 0.1) is 10.6 Å². The van der Waals surface area contributed by atoms with Crippen molar-refractivity contribution in [2.45, 2.75) is 18.9 Å². The second-order valence-corrected chi connectivity index (χ2v) is 4.95. The Morgan fingerprint density at radius 1 is 1.32 bits per heavy atom. The summed E-state index contributed by atoms with van der Waals surface area (Å²) in [6, 6.07) is 5.74. The Balaban J connectivity index is 1.92. The maximum atomic E-state index is 12.3. The fourth-order valence-corrected chi connectivity index (χ4v) is 3.00. The van der Waals surface area contributed by atoms with Gasteiger partial charge >= 0.3 is 0 Å². The highest BCUT2D eigenvalue weighted by atomic mass is 32.1. The van der Waals surface area contributed by atoms with E-state index in [2.05, 4.69) is 0 Å². The van der Waals surface area contributed by atoms with Crippen molar-refractivity contribution in [3.63, 3.8) is 0 Å². The van der Waals surface area contributed by atoms with E-state index < -0.39 is 4.92 Å². The molecule has 3 rings (SSSR count). The van der Waals surface area contributed by atoms with Gasteiger partial charge in [0.15, 0.2) is 5.11 Å². The van der Waals surface area contributed by atoms with E-state index in [0.717, 1.165) is 19.4 Å². The summed E-state index contributed by atoms with van der Waals surface area (Å²) in [5.41, 5.74) is 0.594. The van der Waals surface area contributed by atoms with Crippen molar-refractivity contribution in [2.24, 2.45) is 0 Å². The molecule has 1 amide bonds. The van der Waals surface area contributed by atoms with Crippen LogP contribution in [0.4, 0.5) is 11.4 Å². The van der Waals surface area contributed by atoms with E-state index in [0.29, 0.717) is 10.8 Å². The first kappa shape index (κ1) is 12.0. The molecule has 2 fully saturated rings.